The maximum Gasteiger partial charge on any atom is 0.225 e. The van der Waals surface area contributed by atoms with Crippen LogP contribution in [-0.4, -0.2) is 54.8 Å². The van der Waals surface area contributed by atoms with E-state index in [0.717, 1.165) is 32.4 Å². The quantitative estimate of drug-likeness (QED) is 0.726. The maximum absolute atomic E-state index is 12.3. The Bertz CT molecular complexity index is 566. The van der Waals surface area contributed by atoms with Gasteiger partial charge in [0.2, 0.25) is 11.8 Å². The van der Waals surface area contributed by atoms with E-state index in [0.29, 0.717) is 19.6 Å². The first kappa shape index (κ1) is 20.4. The van der Waals surface area contributed by atoms with Crippen molar-refractivity contribution in [3.63, 3.8) is 0 Å². The van der Waals surface area contributed by atoms with E-state index in [1.807, 2.05) is 24.8 Å². The zero-order valence-electron chi connectivity index (χ0n) is 16.4. The van der Waals surface area contributed by atoms with Crippen molar-refractivity contribution in [2.75, 3.05) is 33.2 Å². The average molecular weight is 360 g/mol. The highest BCUT2D eigenvalue weighted by atomic mass is 16.2. The molecule has 5 nitrogen and oxygen atoms in total. The number of likely N-dealkylation sites (tertiary alicyclic amines) is 1. The number of benzene rings is 1. The minimum absolute atomic E-state index is 0.0354. The lowest BCUT2D eigenvalue weighted by molar-refractivity contribution is -0.138. The first-order chi connectivity index (χ1) is 12.5. The Morgan fingerprint density at radius 2 is 1.85 bits per heavy atom. The number of carbonyl (C=O) groups excluding carboxylic acids is 2. The van der Waals surface area contributed by atoms with Gasteiger partial charge < -0.3 is 15.1 Å². The van der Waals surface area contributed by atoms with Crippen molar-refractivity contribution in [3.05, 3.63) is 35.9 Å². The van der Waals surface area contributed by atoms with E-state index in [1.54, 1.807) is 0 Å². The molecule has 0 aromatic heterocycles. The minimum Gasteiger partial charge on any atom is -0.356 e. The normalized spacial score (nSPS) is 15.5. The zero-order chi connectivity index (χ0) is 18.9. The Morgan fingerprint density at radius 3 is 2.46 bits per heavy atom. The maximum atomic E-state index is 12.3. The number of hydrogen-bond acceptors (Lipinski definition) is 3. The lowest BCUT2D eigenvalue weighted by atomic mass is 9.95. The van der Waals surface area contributed by atoms with Crippen molar-refractivity contribution < 1.29 is 9.59 Å². The third kappa shape index (κ3) is 6.45. The van der Waals surface area contributed by atoms with Gasteiger partial charge in [-0.05, 0) is 38.4 Å². The van der Waals surface area contributed by atoms with E-state index in [9.17, 15) is 9.59 Å². The van der Waals surface area contributed by atoms with Crippen LogP contribution in [0.25, 0.3) is 0 Å². The predicted molar refractivity (Wildman–Crippen MR) is 105 cm³/mol. The lowest BCUT2D eigenvalue weighted by Crippen LogP contribution is -2.44. The third-order valence-electron chi connectivity index (χ3n) is 4.98. The van der Waals surface area contributed by atoms with Crippen molar-refractivity contribution in [2.24, 2.45) is 11.8 Å². The fourth-order valence-electron chi connectivity index (χ4n) is 3.41. The van der Waals surface area contributed by atoms with E-state index >= 15 is 0 Å². The molecule has 0 spiro atoms. The van der Waals surface area contributed by atoms with Crippen LogP contribution in [0.4, 0.5) is 0 Å². The molecule has 1 aliphatic heterocycles. The monoisotopic (exact) mass is 359 g/mol. The first-order valence-electron chi connectivity index (χ1n) is 9.76. The number of piperidine rings is 1. The van der Waals surface area contributed by atoms with Crippen molar-refractivity contribution >= 4 is 11.8 Å². The Labute approximate surface area is 157 Å². The van der Waals surface area contributed by atoms with Gasteiger partial charge in [0.15, 0.2) is 0 Å². The molecule has 0 unspecified atom stereocenters. The van der Waals surface area contributed by atoms with E-state index in [-0.39, 0.29) is 23.7 Å². The summed E-state index contributed by atoms with van der Waals surface area (Å²) in [4.78, 5) is 28.5. The molecule has 1 fully saturated rings. The second-order valence-corrected chi connectivity index (χ2v) is 7.62. The van der Waals surface area contributed by atoms with Gasteiger partial charge in [-0.1, -0.05) is 44.2 Å². The molecule has 2 rings (SSSR count). The van der Waals surface area contributed by atoms with E-state index in [1.165, 1.54) is 5.56 Å². The van der Waals surface area contributed by atoms with Crippen molar-refractivity contribution in [1.29, 1.82) is 0 Å². The minimum atomic E-state index is 0.0354. The Kier molecular flexibility index (Phi) is 8.10. The number of rotatable bonds is 8. The van der Waals surface area contributed by atoms with Gasteiger partial charge in [-0.2, -0.15) is 0 Å². The van der Waals surface area contributed by atoms with Gasteiger partial charge in [0, 0.05) is 38.0 Å². The fraction of sp³-hybridized carbons (Fsp3) is 0.619. The van der Waals surface area contributed by atoms with E-state index in [4.69, 9.17) is 0 Å². The standard InChI is InChI=1S/C21H33N3O2/c1-17(2)21(26)24-14-10-19(11-15-24)20(25)22-12-7-13-23(3)16-18-8-5-4-6-9-18/h4-6,8-9,17,19H,7,10-16H2,1-3H3,(H,22,25). The van der Waals surface area contributed by atoms with Crippen LogP contribution < -0.4 is 5.32 Å². The molecule has 26 heavy (non-hydrogen) atoms. The number of hydrogen-bond donors (Lipinski definition) is 1. The summed E-state index contributed by atoms with van der Waals surface area (Å²) in [7, 11) is 2.11. The first-order valence-corrected chi connectivity index (χ1v) is 9.76. The molecule has 1 aromatic rings. The topological polar surface area (TPSA) is 52.7 Å². The van der Waals surface area contributed by atoms with Gasteiger partial charge in [-0.25, -0.2) is 0 Å². The Balaban J connectivity index is 1.60. The molecule has 0 bridgehead atoms. The molecule has 1 heterocycles. The fourth-order valence-corrected chi connectivity index (χ4v) is 3.41. The smallest absolute Gasteiger partial charge is 0.225 e. The molecule has 1 aromatic carbocycles. The highest BCUT2D eigenvalue weighted by Gasteiger charge is 2.27. The zero-order valence-corrected chi connectivity index (χ0v) is 16.4. The summed E-state index contributed by atoms with van der Waals surface area (Å²) in [6.45, 7) is 7.85. The number of nitrogens with zero attached hydrogens (tertiary/aromatic N) is 2. The van der Waals surface area contributed by atoms with Crippen LogP contribution in [0.2, 0.25) is 0 Å². The van der Waals surface area contributed by atoms with Gasteiger partial charge in [0.1, 0.15) is 0 Å². The van der Waals surface area contributed by atoms with E-state index in [2.05, 4.69) is 41.5 Å². The molecule has 1 N–H and O–H groups in total. The van der Waals surface area contributed by atoms with Crippen LogP contribution in [0.3, 0.4) is 0 Å². The number of amides is 2. The van der Waals surface area contributed by atoms with Gasteiger partial charge in [0.25, 0.3) is 0 Å². The predicted octanol–water partition coefficient (Wildman–Crippen LogP) is 2.52. The molecule has 0 saturated carbocycles. The Hall–Kier alpha value is -1.88. The average Bonchev–Trinajstić information content (AvgIpc) is 2.65. The lowest BCUT2D eigenvalue weighted by Gasteiger charge is -2.32. The van der Waals surface area contributed by atoms with Crippen molar-refractivity contribution in [1.82, 2.24) is 15.1 Å². The summed E-state index contributed by atoms with van der Waals surface area (Å²) >= 11 is 0. The van der Waals surface area contributed by atoms with Gasteiger partial charge in [0.05, 0.1) is 0 Å². The molecular weight excluding hydrogens is 326 g/mol. The summed E-state index contributed by atoms with van der Waals surface area (Å²) in [6, 6.07) is 10.4. The highest BCUT2D eigenvalue weighted by Crippen LogP contribution is 2.19. The summed E-state index contributed by atoms with van der Waals surface area (Å²) in [5.41, 5.74) is 1.31. The van der Waals surface area contributed by atoms with Crippen LogP contribution >= 0.6 is 0 Å². The van der Waals surface area contributed by atoms with Crippen molar-refractivity contribution in [2.45, 2.75) is 39.7 Å². The van der Waals surface area contributed by atoms with Crippen LogP contribution in [0, 0.1) is 11.8 Å². The molecular formula is C21H33N3O2. The number of carbonyl (C=O) groups is 2. The van der Waals surface area contributed by atoms with Gasteiger partial charge in [-0.15, -0.1) is 0 Å². The molecule has 144 valence electrons. The Morgan fingerprint density at radius 1 is 1.19 bits per heavy atom. The van der Waals surface area contributed by atoms with Crippen LogP contribution in [0.5, 0.6) is 0 Å². The van der Waals surface area contributed by atoms with Crippen LogP contribution in [0.15, 0.2) is 30.3 Å². The summed E-state index contributed by atoms with van der Waals surface area (Å²) in [6.07, 6.45) is 2.50. The van der Waals surface area contributed by atoms with Crippen LogP contribution in [-0.2, 0) is 16.1 Å². The largest absolute Gasteiger partial charge is 0.356 e. The molecule has 1 saturated heterocycles. The van der Waals surface area contributed by atoms with Gasteiger partial charge in [-0.3, -0.25) is 9.59 Å². The second kappa shape index (κ2) is 10.3. The SMILES string of the molecule is CC(C)C(=O)N1CCC(C(=O)NCCCN(C)Cc2ccccc2)CC1. The summed E-state index contributed by atoms with van der Waals surface area (Å²) in [5.74, 6) is 0.430. The molecule has 0 radical (unpaired) electrons. The van der Waals surface area contributed by atoms with Gasteiger partial charge >= 0.3 is 0 Å². The molecule has 1 aliphatic rings. The molecule has 5 heteroatoms. The third-order valence-corrected chi connectivity index (χ3v) is 4.98. The summed E-state index contributed by atoms with van der Waals surface area (Å²) < 4.78 is 0. The second-order valence-electron chi connectivity index (χ2n) is 7.62. The van der Waals surface area contributed by atoms with Crippen molar-refractivity contribution in [3.8, 4) is 0 Å². The molecule has 0 aliphatic carbocycles. The number of nitrogens with one attached hydrogen (secondary N) is 1. The van der Waals surface area contributed by atoms with Crippen LogP contribution in [0.1, 0.15) is 38.7 Å². The highest BCUT2D eigenvalue weighted by molar-refractivity contribution is 5.80. The van der Waals surface area contributed by atoms with E-state index < -0.39 is 0 Å². The molecule has 2 amide bonds. The summed E-state index contributed by atoms with van der Waals surface area (Å²) in [5, 5.41) is 3.07. The molecule has 0 atom stereocenters.